The number of nitrogens with one attached hydrogen (secondary N) is 1. The van der Waals surface area contributed by atoms with Crippen LogP contribution in [0.5, 0.6) is 0 Å². The normalized spacial score (nSPS) is 24.2. The predicted molar refractivity (Wildman–Crippen MR) is 141 cm³/mol. The number of piperidine rings is 1. The molecule has 1 aromatic carbocycles. The van der Waals surface area contributed by atoms with Crippen molar-refractivity contribution in [3.8, 4) is 0 Å². The molecular weight excluding hydrogens is 557 g/mol. The van der Waals surface area contributed by atoms with Crippen molar-refractivity contribution < 1.29 is 32.6 Å². The average molecular weight is 585 g/mol. The number of carbonyl (C=O) groups is 2. The predicted octanol–water partition coefficient (Wildman–Crippen LogP) is 5.05. The van der Waals surface area contributed by atoms with Crippen LogP contribution in [0.4, 0.5) is 13.2 Å². The third-order valence-corrected chi connectivity index (χ3v) is 8.21. The fourth-order valence-electron chi connectivity index (χ4n) is 5.31. The Hall–Kier alpha value is -2.96. The lowest BCUT2D eigenvalue weighted by Crippen LogP contribution is -2.57. The van der Waals surface area contributed by atoms with Crippen LogP contribution in [0.2, 0.25) is 5.02 Å². The highest BCUT2D eigenvalue weighted by Gasteiger charge is 2.46. The van der Waals surface area contributed by atoms with Gasteiger partial charge in [0.15, 0.2) is 10.8 Å². The molecule has 1 aromatic heterocycles. The van der Waals surface area contributed by atoms with Crippen molar-refractivity contribution in [2.75, 3.05) is 13.7 Å². The number of halogens is 4. The number of likely N-dealkylation sites (tertiary alicyclic amines) is 1. The van der Waals surface area contributed by atoms with Crippen LogP contribution in [0.15, 0.2) is 46.0 Å². The van der Waals surface area contributed by atoms with Gasteiger partial charge >= 0.3 is 11.9 Å². The molecule has 4 atom stereocenters. The zero-order valence-electron chi connectivity index (χ0n) is 21.5. The maximum atomic E-state index is 14.9. The number of rotatable bonds is 8. The number of aliphatic carboxylic acids is 1. The summed E-state index contributed by atoms with van der Waals surface area (Å²) in [4.78, 5) is 35.0. The number of carboxylic acids is 1. The van der Waals surface area contributed by atoms with E-state index in [0.29, 0.717) is 11.4 Å². The number of amidine groups is 1. The molecule has 2 aliphatic heterocycles. The molecule has 3 heterocycles. The van der Waals surface area contributed by atoms with Gasteiger partial charge < -0.3 is 15.2 Å². The Kier molecular flexibility index (Phi) is 8.67. The summed E-state index contributed by atoms with van der Waals surface area (Å²) in [6, 6.07) is 1.32. The van der Waals surface area contributed by atoms with Gasteiger partial charge in [0.25, 0.3) is 5.92 Å². The van der Waals surface area contributed by atoms with Gasteiger partial charge in [-0.3, -0.25) is 14.7 Å². The van der Waals surface area contributed by atoms with Crippen LogP contribution in [0.1, 0.15) is 49.7 Å². The molecule has 0 unspecified atom stereocenters. The maximum absolute atomic E-state index is 14.9. The number of hydrogen-bond donors (Lipinski definition) is 2. The van der Waals surface area contributed by atoms with Gasteiger partial charge in [-0.05, 0) is 31.7 Å². The number of benzene rings is 1. The number of thiazole rings is 1. The number of nitrogens with zero attached hydrogens (tertiary/aromatic N) is 3. The molecule has 2 aromatic rings. The van der Waals surface area contributed by atoms with Crippen LogP contribution in [0.3, 0.4) is 0 Å². The molecule has 0 bridgehead atoms. The molecule has 8 nitrogen and oxygen atoms in total. The lowest BCUT2D eigenvalue weighted by molar-refractivity contribution is -0.141. The van der Waals surface area contributed by atoms with E-state index >= 15 is 0 Å². The van der Waals surface area contributed by atoms with Crippen molar-refractivity contribution in [2.45, 2.75) is 57.2 Å². The minimum atomic E-state index is -3.16. The number of ether oxygens (including phenoxy) is 1. The molecule has 210 valence electrons. The number of esters is 1. The van der Waals surface area contributed by atoms with E-state index in [4.69, 9.17) is 16.3 Å². The monoisotopic (exact) mass is 584 g/mol. The molecule has 2 aliphatic rings. The van der Waals surface area contributed by atoms with Gasteiger partial charge in [-0.1, -0.05) is 23.7 Å². The summed E-state index contributed by atoms with van der Waals surface area (Å²) in [5.41, 5.74) is 0.448. The van der Waals surface area contributed by atoms with Crippen LogP contribution in [0, 0.1) is 11.7 Å². The van der Waals surface area contributed by atoms with E-state index in [-0.39, 0.29) is 47.1 Å². The molecule has 13 heteroatoms. The molecule has 0 spiro atoms. The van der Waals surface area contributed by atoms with Gasteiger partial charge in [0.1, 0.15) is 11.9 Å². The second-order valence-electron chi connectivity index (χ2n) is 9.80. The van der Waals surface area contributed by atoms with Crippen LogP contribution in [-0.2, 0) is 14.3 Å². The summed E-state index contributed by atoms with van der Waals surface area (Å²) < 4.78 is 49.4. The van der Waals surface area contributed by atoms with E-state index in [1.165, 1.54) is 36.6 Å². The fourth-order valence-corrected chi connectivity index (χ4v) is 6.13. The Morgan fingerprint density at radius 1 is 1.33 bits per heavy atom. The lowest BCUT2D eigenvalue weighted by Gasteiger charge is -2.46. The van der Waals surface area contributed by atoms with Gasteiger partial charge in [0.05, 0.1) is 23.7 Å². The number of methoxy groups -OCH3 is 1. The summed E-state index contributed by atoms with van der Waals surface area (Å²) in [7, 11) is 1.18. The fraction of sp³-hybridized carbons (Fsp3) is 0.462. The van der Waals surface area contributed by atoms with E-state index in [9.17, 15) is 27.9 Å². The van der Waals surface area contributed by atoms with Gasteiger partial charge in [-0.15, -0.1) is 11.3 Å². The average Bonchev–Trinajstić information content (AvgIpc) is 3.40. The van der Waals surface area contributed by atoms with Gasteiger partial charge in [-0.25, -0.2) is 22.9 Å². The summed E-state index contributed by atoms with van der Waals surface area (Å²) in [5, 5.41) is 14.3. The SMILES string of the molecule is COC(=O)C1=C(CN2[C@H](C)C[C@@H](CC(=O)O)C[C@@H]2C(C)(F)F)NC(c2nccs2)=N[C@H]1c1cccc(F)c1Cl. The van der Waals surface area contributed by atoms with E-state index < -0.39 is 47.7 Å². The Bertz CT molecular complexity index is 1300. The van der Waals surface area contributed by atoms with Crippen molar-refractivity contribution in [1.82, 2.24) is 15.2 Å². The standard InChI is InChI=1S/C26H28ClF3N4O4S/c1-13-9-14(11-19(35)36)10-18(26(2,29)30)34(13)12-17-20(25(37)38-3)22(15-5-4-6-16(28)21(15)27)33-23(32-17)24-31-7-8-39-24/h4-8,13-14,18,22H,9-12H2,1-3H3,(H,32,33)(H,35,36)/t13-,14-,18-,22+/m1/s1. The van der Waals surface area contributed by atoms with Crippen molar-refractivity contribution in [1.29, 1.82) is 0 Å². The van der Waals surface area contributed by atoms with Crippen molar-refractivity contribution >= 4 is 40.7 Å². The smallest absolute Gasteiger partial charge is 0.338 e. The zero-order valence-corrected chi connectivity index (χ0v) is 23.0. The summed E-state index contributed by atoms with van der Waals surface area (Å²) in [6.45, 7) is 2.43. The quantitative estimate of drug-likeness (QED) is 0.418. The molecular formula is C26H28ClF3N4O4S. The molecule has 39 heavy (non-hydrogen) atoms. The van der Waals surface area contributed by atoms with E-state index in [0.717, 1.165) is 6.92 Å². The number of aromatic nitrogens is 1. The second-order valence-corrected chi connectivity index (χ2v) is 11.1. The first-order valence-electron chi connectivity index (χ1n) is 12.3. The molecule has 4 rings (SSSR count). The molecule has 0 aliphatic carbocycles. The van der Waals surface area contributed by atoms with Gasteiger partial charge in [-0.2, -0.15) is 0 Å². The lowest BCUT2D eigenvalue weighted by atomic mass is 9.82. The summed E-state index contributed by atoms with van der Waals surface area (Å²) >= 11 is 7.58. The van der Waals surface area contributed by atoms with Crippen molar-refractivity contribution in [3.63, 3.8) is 0 Å². The minimum absolute atomic E-state index is 0.00309. The second kappa shape index (κ2) is 11.6. The number of aliphatic imine (C=N–C) groups is 1. The molecule has 1 fully saturated rings. The first-order chi connectivity index (χ1) is 18.4. The van der Waals surface area contributed by atoms with Crippen LogP contribution in [0.25, 0.3) is 0 Å². The van der Waals surface area contributed by atoms with Crippen LogP contribution >= 0.6 is 22.9 Å². The Morgan fingerprint density at radius 3 is 2.69 bits per heavy atom. The number of alkyl halides is 2. The van der Waals surface area contributed by atoms with Gasteiger partial charge in [0, 0.05) is 48.8 Å². The number of hydrogen-bond acceptors (Lipinski definition) is 8. The largest absolute Gasteiger partial charge is 0.481 e. The molecule has 0 amide bonds. The molecule has 1 saturated heterocycles. The van der Waals surface area contributed by atoms with Crippen molar-refractivity contribution in [2.24, 2.45) is 10.9 Å². The third kappa shape index (κ3) is 6.28. The van der Waals surface area contributed by atoms with E-state index in [1.54, 1.807) is 23.4 Å². The minimum Gasteiger partial charge on any atom is -0.481 e. The Labute approximate surface area is 232 Å². The third-order valence-electron chi connectivity index (χ3n) is 7.03. The Morgan fingerprint density at radius 2 is 2.08 bits per heavy atom. The first kappa shape index (κ1) is 29.0. The van der Waals surface area contributed by atoms with Crippen LogP contribution < -0.4 is 5.32 Å². The first-order valence-corrected chi connectivity index (χ1v) is 13.5. The summed E-state index contributed by atoms with van der Waals surface area (Å²) in [5.74, 6) is -5.84. The number of carboxylic acid groups (broad SMARTS) is 1. The maximum Gasteiger partial charge on any atom is 0.338 e. The molecule has 2 N–H and O–H groups in total. The topological polar surface area (TPSA) is 104 Å². The molecule has 0 saturated carbocycles. The van der Waals surface area contributed by atoms with Gasteiger partial charge in [0.2, 0.25) is 0 Å². The van der Waals surface area contributed by atoms with Crippen molar-refractivity contribution in [3.05, 3.63) is 62.5 Å². The van der Waals surface area contributed by atoms with Crippen LogP contribution in [-0.4, -0.2) is 64.4 Å². The Balaban J connectivity index is 1.82. The molecule has 0 radical (unpaired) electrons. The number of carbonyl (C=O) groups excluding carboxylic acids is 1. The highest BCUT2D eigenvalue weighted by Crippen LogP contribution is 2.41. The zero-order chi connectivity index (χ0) is 28.5. The summed E-state index contributed by atoms with van der Waals surface area (Å²) in [6.07, 6.45) is 1.70. The van der Waals surface area contributed by atoms with E-state index in [2.05, 4.69) is 15.3 Å². The highest BCUT2D eigenvalue weighted by molar-refractivity contribution is 7.11. The van der Waals surface area contributed by atoms with E-state index in [1.807, 2.05) is 0 Å². The highest BCUT2D eigenvalue weighted by atomic mass is 35.5.